The van der Waals surface area contributed by atoms with Crippen LogP contribution in [0.15, 0.2) is 48.5 Å². The van der Waals surface area contributed by atoms with Crippen molar-refractivity contribution in [2.75, 3.05) is 0 Å². The van der Waals surface area contributed by atoms with E-state index in [2.05, 4.69) is 20.8 Å². The van der Waals surface area contributed by atoms with E-state index in [1.54, 1.807) is 0 Å². The van der Waals surface area contributed by atoms with Crippen molar-refractivity contribution in [1.29, 1.82) is 0 Å². The number of ether oxygens (including phenoxy) is 1. The molecule has 2 aromatic rings. The van der Waals surface area contributed by atoms with E-state index in [4.69, 9.17) is 4.74 Å². The van der Waals surface area contributed by atoms with E-state index in [0.717, 1.165) is 17.7 Å². The van der Waals surface area contributed by atoms with Crippen LogP contribution in [0.1, 0.15) is 31.9 Å². The summed E-state index contributed by atoms with van der Waals surface area (Å²) in [7, 11) is 0. The van der Waals surface area contributed by atoms with Crippen LogP contribution in [0.4, 0.5) is 12.9 Å². The SMILES string of the molecule is CC(C)(C)c1ccc(COc2cccc([B-](F)(F)F)c2)cc1.[K+]. The molecule has 0 bridgehead atoms. The molecule has 0 spiro atoms. The fourth-order valence-corrected chi connectivity index (χ4v) is 2.08. The fraction of sp³-hybridized carbons (Fsp3) is 0.294. The Kier molecular flexibility index (Phi) is 7.41. The van der Waals surface area contributed by atoms with Crippen molar-refractivity contribution in [3.8, 4) is 5.75 Å². The molecule has 0 aromatic heterocycles. The van der Waals surface area contributed by atoms with E-state index in [1.165, 1.54) is 17.7 Å². The molecular weight excluding hydrogens is 327 g/mol. The summed E-state index contributed by atoms with van der Waals surface area (Å²) in [4.78, 5) is 0. The molecule has 0 atom stereocenters. The van der Waals surface area contributed by atoms with Crippen molar-refractivity contribution in [3.05, 3.63) is 59.7 Å². The summed E-state index contributed by atoms with van der Waals surface area (Å²) in [6, 6.07) is 12.9. The summed E-state index contributed by atoms with van der Waals surface area (Å²) in [5.74, 6) is 0.233. The molecule has 0 aliphatic heterocycles. The summed E-state index contributed by atoms with van der Waals surface area (Å²) in [6.45, 7) is 1.64. The van der Waals surface area contributed by atoms with E-state index in [9.17, 15) is 12.9 Å². The van der Waals surface area contributed by atoms with E-state index >= 15 is 0 Å². The second-order valence-corrected chi connectivity index (χ2v) is 6.38. The van der Waals surface area contributed by atoms with Gasteiger partial charge in [-0.25, -0.2) is 0 Å². The van der Waals surface area contributed by atoms with Gasteiger partial charge < -0.3 is 17.7 Å². The molecule has 0 heterocycles. The molecule has 0 unspecified atom stereocenters. The van der Waals surface area contributed by atoms with Crippen molar-refractivity contribution in [1.82, 2.24) is 0 Å². The molecule has 0 radical (unpaired) electrons. The van der Waals surface area contributed by atoms with Gasteiger partial charge in [-0.1, -0.05) is 57.2 Å². The minimum atomic E-state index is -5.00. The Bertz CT molecular complexity index is 634. The van der Waals surface area contributed by atoms with Gasteiger partial charge in [0, 0.05) is 0 Å². The van der Waals surface area contributed by atoms with Crippen molar-refractivity contribution in [2.45, 2.75) is 32.8 Å². The molecule has 0 N–H and O–H groups in total. The van der Waals surface area contributed by atoms with Crippen LogP contribution in [0.5, 0.6) is 5.75 Å². The van der Waals surface area contributed by atoms with Gasteiger partial charge in [-0.15, -0.1) is 5.46 Å². The van der Waals surface area contributed by atoms with Crippen LogP contribution < -0.4 is 61.6 Å². The van der Waals surface area contributed by atoms with Gasteiger partial charge in [0.25, 0.3) is 0 Å². The Morgan fingerprint density at radius 2 is 1.57 bits per heavy atom. The Balaban J connectivity index is 0.00000264. The Morgan fingerprint density at radius 3 is 2.09 bits per heavy atom. The van der Waals surface area contributed by atoms with E-state index < -0.39 is 12.4 Å². The second-order valence-electron chi connectivity index (χ2n) is 6.38. The molecule has 0 aliphatic rings. The van der Waals surface area contributed by atoms with E-state index in [0.29, 0.717) is 0 Å². The quantitative estimate of drug-likeness (QED) is 0.765. The summed E-state index contributed by atoms with van der Waals surface area (Å²) in [5.41, 5.74) is 1.57. The average Bonchev–Trinajstić information content (AvgIpc) is 2.44. The van der Waals surface area contributed by atoms with Gasteiger partial charge in [0.1, 0.15) is 12.4 Å². The molecule has 2 rings (SSSR count). The van der Waals surface area contributed by atoms with Crippen LogP contribution in [0.2, 0.25) is 0 Å². The molecule has 0 saturated carbocycles. The van der Waals surface area contributed by atoms with Gasteiger partial charge in [-0.05, 0) is 28.7 Å². The molecular formula is C17H19BF3KO. The van der Waals surface area contributed by atoms with Crippen molar-refractivity contribution < 1.29 is 69.1 Å². The minimum Gasteiger partial charge on any atom is -0.489 e. The summed E-state index contributed by atoms with van der Waals surface area (Å²) in [6.07, 6.45) is 0. The zero-order valence-corrected chi connectivity index (χ0v) is 17.1. The number of hydrogen-bond acceptors (Lipinski definition) is 1. The molecule has 0 saturated heterocycles. The third-order valence-corrected chi connectivity index (χ3v) is 3.46. The zero-order chi connectivity index (χ0) is 16.4. The molecule has 0 amide bonds. The predicted molar refractivity (Wildman–Crippen MR) is 84.6 cm³/mol. The Morgan fingerprint density at radius 1 is 0.957 bits per heavy atom. The largest absolute Gasteiger partial charge is 1.00 e. The van der Waals surface area contributed by atoms with Gasteiger partial charge in [-0.2, -0.15) is 0 Å². The second kappa shape index (κ2) is 8.21. The number of halogens is 3. The van der Waals surface area contributed by atoms with Crippen molar-refractivity contribution in [2.24, 2.45) is 0 Å². The van der Waals surface area contributed by atoms with Crippen LogP contribution in [0.25, 0.3) is 0 Å². The number of hydrogen-bond donors (Lipinski definition) is 0. The maximum atomic E-state index is 12.7. The van der Waals surface area contributed by atoms with Gasteiger partial charge in [-0.3, -0.25) is 0 Å². The van der Waals surface area contributed by atoms with Crippen LogP contribution in [-0.2, 0) is 12.0 Å². The third-order valence-electron chi connectivity index (χ3n) is 3.46. The van der Waals surface area contributed by atoms with Crippen LogP contribution in [0.3, 0.4) is 0 Å². The molecule has 2 aromatic carbocycles. The summed E-state index contributed by atoms with van der Waals surface area (Å²) < 4.78 is 43.5. The smallest absolute Gasteiger partial charge is 0.489 e. The Labute approximate surface area is 178 Å². The fourth-order valence-electron chi connectivity index (χ4n) is 2.08. The van der Waals surface area contributed by atoms with Crippen LogP contribution in [-0.4, -0.2) is 6.98 Å². The normalized spacial score (nSPS) is 11.7. The first-order valence-corrected chi connectivity index (χ1v) is 7.18. The average molecular weight is 346 g/mol. The van der Waals surface area contributed by atoms with Gasteiger partial charge >= 0.3 is 58.4 Å². The van der Waals surface area contributed by atoms with E-state index in [1.807, 2.05) is 24.3 Å². The van der Waals surface area contributed by atoms with E-state index in [-0.39, 0.29) is 69.2 Å². The first-order valence-electron chi connectivity index (χ1n) is 7.18. The third kappa shape index (κ3) is 6.27. The maximum absolute atomic E-state index is 12.7. The molecule has 1 nitrogen and oxygen atoms in total. The number of benzene rings is 2. The zero-order valence-electron chi connectivity index (χ0n) is 13.9. The molecule has 0 fully saturated rings. The molecule has 0 aliphatic carbocycles. The topological polar surface area (TPSA) is 9.23 Å². The van der Waals surface area contributed by atoms with Crippen LogP contribution >= 0.6 is 0 Å². The van der Waals surface area contributed by atoms with Crippen molar-refractivity contribution >= 4 is 12.4 Å². The van der Waals surface area contributed by atoms with Gasteiger partial charge in [0.15, 0.2) is 0 Å². The molecule has 118 valence electrons. The first kappa shape index (κ1) is 20.8. The van der Waals surface area contributed by atoms with Gasteiger partial charge in [0.05, 0.1) is 0 Å². The standard InChI is InChI=1S/C17H19BF3O.K/c1-17(2,3)14-9-7-13(8-10-14)12-22-16-6-4-5-15(11-16)18(19,20)21;/h4-11H,12H2,1-3H3;/q-1;+1. The first-order chi connectivity index (χ1) is 10.2. The minimum absolute atomic E-state index is 0. The monoisotopic (exact) mass is 346 g/mol. The predicted octanol–water partition coefficient (Wildman–Crippen LogP) is 1.62. The molecule has 6 heteroatoms. The van der Waals surface area contributed by atoms with Crippen LogP contribution in [0, 0.1) is 0 Å². The Hall–Kier alpha value is -0.269. The maximum Gasteiger partial charge on any atom is 1.00 e. The number of rotatable bonds is 4. The molecule has 23 heavy (non-hydrogen) atoms. The summed E-state index contributed by atoms with van der Waals surface area (Å²) in [5, 5.41) is 0. The van der Waals surface area contributed by atoms with Gasteiger partial charge in [0.2, 0.25) is 0 Å². The summed E-state index contributed by atoms with van der Waals surface area (Å²) >= 11 is 0. The van der Waals surface area contributed by atoms with Crippen molar-refractivity contribution in [3.63, 3.8) is 0 Å².